The third-order valence-electron chi connectivity index (χ3n) is 5.52. The van der Waals surface area contributed by atoms with Gasteiger partial charge < -0.3 is 0 Å². The molecule has 2 heterocycles. The average molecular weight is 333 g/mol. The molecule has 0 spiro atoms. The number of hydrogen-bond donors (Lipinski definition) is 0. The van der Waals surface area contributed by atoms with Crippen LogP contribution in [0.4, 0.5) is 0 Å². The minimum absolute atomic E-state index is 1.21. The lowest BCUT2D eigenvalue weighted by Gasteiger charge is -2.25. The summed E-state index contributed by atoms with van der Waals surface area (Å²) in [5, 5.41) is 0. The zero-order chi connectivity index (χ0) is 17.0. The summed E-state index contributed by atoms with van der Waals surface area (Å²) in [7, 11) is 0. The van der Waals surface area contributed by atoms with Crippen LogP contribution in [0.2, 0.25) is 0 Å². The average Bonchev–Trinajstić information content (AvgIpc) is 2.57. The Morgan fingerprint density at radius 3 is 1.38 bits per heavy atom. The van der Waals surface area contributed by atoms with E-state index in [1.807, 2.05) is 0 Å². The monoisotopic (exact) mass is 332 g/mol. The summed E-state index contributed by atoms with van der Waals surface area (Å²) in [5.74, 6) is 0. The molecule has 2 heteroatoms. The molecule has 24 heavy (non-hydrogen) atoms. The quantitative estimate of drug-likeness (QED) is 0.368. The molecule has 0 atom stereocenters. The third-order valence-corrected chi connectivity index (χ3v) is 5.52. The molecule has 138 valence electrons. The highest BCUT2D eigenvalue weighted by atomic mass is 15.1. The predicted octanol–water partition coefficient (Wildman–Crippen LogP) is 5.41. The highest BCUT2D eigenvalue weighted by Crippen LogP contribution is 2.13. The lowest BCUT2D eigenvalue weighted by molar-refractivity contribution is 0.280. The molecule has 0 fully saturated rings. The number of nitrogens with zero attached hydrogens (tertiary/aromatic N) is 2. The zero-order valence-corrected chi connectivity index (χ0v) is 16.4. The minimum atomic E-state index is 1.21. The van der Waals surface area contributed by atoms with E-state index in [4.69, 9.17) is 0 Å². The van der Waals surface area contributed by atoms with Gasteiger partial charge in [-0.3, -0.25) is 9.80 Å². The van der Waals surface area contributed by atoms with E-state index in [0.29, 0.717) is 0 Å². The lowest BCUT2D eigenvalue weighted by atomic mass is 10.1. The van der Waals surface area contributed by atoms with Gasteiger partial charge in [0, 0.05) is 26.2 Å². The summed E-state index contributed by atoms with van der Waals surface area (Å²) in [6, 6.07) is 0. The molecule has 0 amide bonds. The number of rotatable bonds is 11. The normalized spacial score (nSPS) is 20.1. The van der Waals surface area contributed by atoms with Crippen LogP contribution in [0, 0.1) is 0 Å². The first-order chi connectivity index (χ1) is 11.7. The van der Waals surface area contributed by atoms with Gasteiger partial charge in [0.2, 0.25) is 0 Å². The Bertz CT molecular complexity index is 359. The van der Waals surface area contributed by atoms with Crippen molar-refractivity contribution in [2.24, 2.45) is 0 Å². The van der Waals surface area contributed by atoms with Gasteiger partial charge in [-0.25, -0.2) is 0 Å². The van der Waals surface area contributed by atoms with Gasteiger partial charge in [-0.05, 0) is 52.6 Å². The number of unbranched alkanes of at least 4 members (excludes halogenated alkanes) is 7. The molecular formula is C22H40N2. The molecule has 2 nitrogen and oxygen atoms in total. The van der Waals surface area contributed by atoms with Crippen LogP contribution in [0.3, 0.4) is 0 Å². The molecule has 0 N–H and O–H groups in total. The Morgan fingerprint density at radius 1 is 0.625 bits per heavy atom. The predicted molar refractivity (Wildman–Crippen MR) is 107 cm³/mol. The smallest absolute Gasteiger partial charge is 0.0190 e. The van der Waals surface area contributed by atoms with Crippen LogP contribution < -0.4 is 0 Å². The van der Waals surface area contributed by atoms with Crippen LogP contribution in [0.25, 0.3) is 0 Å². The Morgan fingerprint density at radius 2 is 1.00 bits per heavy atom. The molecule has 2 aliphatic rings. The van der Waals surface area contributed by atoms with E-state index in [2.05, 4.69) is 35.8 Å². The van der Waals surface area contributed by atoms with E-state index in [0.717, 1.165) is 0 Å². The molecule has 0 unspecified atom stereocenters. The fraction of sp³-hybridized carbons (Fsp3) is 0.818. The van der Waals surface area contributed by atoms with Crippen LogP contribution in [0.1, 0.15) is 78.1 Å². The highest BCUT2D eigenvalue weighted by molar-refractivity contribution is 5.05. The molecule has 2 aliphatic heterocycles. The minimum Gasteiger partial charge on any atom is -0.299 e. The van der Waals surface area contributed by atoms with Gasteiger partial charge in [0.15, 0.2) is 0 Å². The fourth-order valence-corrected chi connectivity index (χ4v) is 4.09. The van der Waals surface area contributed by atoms with E-state index < -0.39 is 0 Å². The molecule has 0 aliphatic carbocycles. The molecule has 2 rings (SSSR count). The highest BCUT2D eigenvalue weighted by Gasteiger charge is 2.09. The molecule has 0 aromatic carbocycles. The second-order valence-corrected chi connectivity index (χ2v) is 8.06. The Labute approximate surface area is 151 Å². The SMILES string of the molecule is CC1=CCCN(CCCCCCCCCCN2CCC=C(C)C2)C1. The number of hydrogen-bond acceptors (Lipinski definition) is 2. The van der Waals surface area contributed by atoms with Gasteiger partial charge in [-0.1, -0.05) is 61.8 Å². The molecule has 0 saturated carbocycles. The van der Waals surface area contributed by atoms with Crippen molar-refractivity contribution in [3.05, 3.63) is 23.3 Å². The van der Waals surface area contributed by atoms with E-state index in [1.165, 1.54) is 103 Å². The first-order valence-corrected chi connectivity index (χ1v) is 10.5. The molecule has 0 radical (unpaired) electrons. The van der Waals surface area contributed by atoms with Gasteiger partial charge in [-0.15, -0.1) is 0 Å². The van der Waals surface area contributed by atoms with Gasteiger partial charge in [0.05, 0.1) is 0 Å². The summed E-state index contributed by atoms with van der Waals surface area (Å²) >= 11 is 0. The van der Waals surface area contributed by atoms with Gasteiger partial charge in [-0.2, -0.15) is 0 Å². The molecule has 0 saturated heterocycles. The van der Waals surface area contributed by atoms with Gasteiger partial charge >= 0.3 is 0 Å². The second-order valence-electron chi connectivity index (χ2n) is 8.06. The van der Waals surface area contributed by atoms with Crippen LogP contribution in [-0.4, -0.2) is 49.1 Å². The van der Waals surface area contributed by atoms with E-state index in [1.54, 1.807) is 11.1 Å². The Balaban J connectivity index is 1.33. The maximum Gasteiger partial charge on any atom is 0.0190 e. The topological polar surface area (TPSA) is 6.48 Å². The van der Waals surface area contributed by atoms with Crippen molar-refractivity contribution in [2.45, 2.75) is 78.1 Å². The largest absolute Gasteiger partial charge is 0.299 e. The van der Waals surface area contributed by atoms with Crippen molar-refractivity contribution in [1.29, 1.82) is 0 Å². The van der Waals surface area contributed by atoms with Crippen LogP contribution in [-0.2, 0) is 0 Å². The first kappa shape index (κ1) is 19.7. The van der Waals surface area contributed by atoms with Crippen molar-refractivity contribution >= 4 is 0 Å². The van der Waals surface area contributed by atoms with E-state index in [-0.39, 0.29) is 0 Å². The summed E-state index contributed by atoms with van der Waals surface area (Å²) in [6.07, 6.45) is 18.8. The lowest BCUT2D eigenvalue weighted by Crippen LogP contribution is -2.30. The molecule has 0 aromatic rings. The van der Waals surface area contributed by atoms with E-state index in [9.17, 15) is 0 Å². The van der Waals surface area contributed by atoms with Crippen LogP contribution in [0.15, 0.2) is 23.3 Å². The first-order valence-electron chi connectivity index (χ1n) is 10.5. The summed E-state index contributed by atoms with van der Waals surface area (Å²) in [4.78, 5) is 5.26. The van der Waals surface area contributed by atoms with E-state index >= 15 is 0 Å². The zero-order valence-electron chi connectivity index (χ0n) is 16.4. The van der Waals surface area contributed by atoms with Gasteiger partial charge in [0.25, 0.3) is 0 Å². The van der Waals surface area contributed by atoms with Crippen molar-refractivity contribution in [3.63, 3.8) is 0 Å². The third kappa shape index (κ3) is 8.48. The molecule has 0 aromatic heterocycles. The molecular weight excluding hydrogens is 292 g/mol. The van der Waals surface area contributed by atoms with Crippen molar-refractivity contribution < 1.29 is 0 Å². The second kappa shape index (κ2) is 11.9. The Hall–Kier alpha value is -0.600. The standard InChI is InChI=1S/C22H40N2/c1-21-13-11-17-23(19-21)15-9-7-5-3-4-6-8-10-16-24-18-12-14-22(2)20-24/h13-14H,3-12,15-20H2,1-2H3. The fourth-order valence-electron chi connectivity index (χ4n) is 4.09. The maximum absolute atomic E-state index is 2.63. The summed E-state index contributed by atoms with van der Waals surface area (Å²) < 4.78 is 0. The van der Waals surface area contributed by atoms with Crippen molar-refractivity contribution in [1.82, 2.24) is 9.80 Å². The summed E-state index contributed by atoms with van der Waals surface area (Å²) in [6.45, 7) is 12.2. The maximum atomic E-state index is 2.63. The van der Waals surface area contributed by atoms with Crippen molar-refractivity contribution in [2.75, 3.05) is 39.3 Å². The Kier molecular flexibility index (Phi) is 9.75. The molecule has 0 bridgehead atoms. The van der Waals surface area contributed by atoms with Crippen LogP contribution in [0.5, 0.6) is 0 Å². The van der Waals surface area contributed by atoms with Crippen molar-refractivity contribution in [3.8, 4) is 0 Å². The summed E-state index contributed by atoms with van der Waals surface area (Å²) in [5.41, 5.74) is 3.13. The van der Waals surface area contributed by atoms with Gasteiger partial charge in [0.1, 0.15) is 0 Å². The van der Waals surface area contributed by atoms with Crippen LogP contribution >= 0.6 is 0 Å².